The van der Waals surface area contributed by atoms with Gasteiger partial charge in [-0.05, 0) is 48.0 Å². The molecule has 0 spiro atoms. The molecule has 0 N–H and O–H groups in total. The van der Waals surface area contributed by atoms with E-state index >= 15 is 0 Å². The molecule has 2 aliphatic rings. The van der Waals surface area contributed by atoms with Crippen molar-refractivity contribution in [3.8, 4) is 11.1 Å². The van der Waals surface area contributed by atoms with Crippen LogP contribution in [0.5, 0.6) is 0 Å². The van der Waals surface area contributed by atoms with Crippen LogP contribution < -0.4 is 0 Å². The first-order valence-electron chi connectivity index (χ1n) is 14.2. The Morgan fingerprint density at radius 1 is 1.00 bits per heavy atom. The maximum atomic E-state index is 13.2. The monoisotopic (exact) mass is 583 g/mol. The van der Waals surface area contributed by atoms with Gasteiger partial charge in [-0.3, -0.25) is 14.5 Å². The molecule has 40 heavy (non-hydrogen) atoms. The van der Waals surface area contributed by atoms with Gasteiger partial charge in [0.15, 0.2) is 10.9 Å². The SMILES string of the molecule is COSCCSC(=O)CC/C=C\CC[C@H]1[C@@H](OCc2ccc(-c3ccccc3)cc2)CC(=O)[C@@H]1N1CCOCC1. The molecular weight excluding hydrogens is 542 g/mol. The summed E-state index contributed by atoms with van der Waals surface area (Å²) in [5, 5.41) is 0.223. The molecule has 2 aromatic carbocycles. The van der Waals surface area contributed by atoms with Gasteiger partial charge in [-0.25, -0.2) is 0 Å². The fraction of sp³-hybridized carbons (Fsp3) is 0.500. The predicted molar refractivity (Wildman–Crippen MR) is 164 cm³/mol. The van der Waals surface area contributed by atoms with Gasteiger partial charge in [0.1, 0.15) is 0 Å². The zero-order valence-electron chi connectivity index (χ0n) is 23.4. The molecule has 0 aromatic heterocycles. The Labute approximate surface area is 247 Å². The van der Waals surface area contributed by atoms with E-state index in [0.717, 1.165) is 49.4 Å². The third-order valence-electron chi connectivity index (χ3n) is 7.48. The highest BCUT2D eigenvalue weighted by molar-refractivity contribution is 8.14. The topological polar surface area (TPSA) is 65.1 Å². The van der Waals surface area contributed by atoms with E-state index < -0.39 is 0 Å². The Bertz CT molecular complexity index is 1070. The average Bonchev–Trinajstić information content (AvgIpc) is 3.31. The quantitative estimate of drug-likeness (QED) is 0.140. The normalized spacial score (nSPS) is 21.8. The number of rotatable bonds is 15. The van der Waals surface area contributed by atoms with E-state index in [1.165, 1.54) is 34.9 Å². The summed E-state index contributed by atoms with van der Waals surface area (Å²) in [7, 11) is 1.64. The van der Waals surface area contributed by atoms with Crippen molar-refractivity contribution in [2.75, 3.05) is 44.9 Å². The molecular formula is C32H41NO5S2. The third kappa shape index (κ3) is 9.57. The lowest BCUT2D eigenvalue weighted by atomic mass is 9.93. The van der Waals surface area contributed by atoms with Gasteiger partial charge in [0.2, 0.25) is 0 Å². The molecule has 216 valence electrons. The molecule has 1 aliphatic heterocycles. The zero-order chi connectivity index (χ0) is 28.0. The molecule has 2 fully saturated rings. The molecule has 1 aliphatic carbocycles. The first-order chi connectivity index (χ1) is 19.7. The average molecular weight is 584 g/mol. The number of carbonyl (C=O) groups excluding carboxylic acids is 2. The highest BCUT2D eigenvalue weighted by Crippen LogP contribution is 2.35. The molecule has 0 unspecified atom stereocenters. The number of hydrogen-bond acceptors (Lipinski definition) is 8. The van der Waals surface area contributed by atoms with Crippen LogP contribution in [0.3, 0.4) is 0 Å². The Kier molecular flexibility index (Phi) is 13.3. The Balaban J connectivity index is 1.29. The van der Waals surface area contributed by atoms with Gasteiger partial charge in [0.05, 0.1) is 39.1 Å². The number of morpholine rings is 1. The van der Waals surface area contributed by atoms with Crippen molar-refractivity contribution < 1.29 is 23.2 Å². The van der Waals surface area contributed by atoms with Crippen molar-refractivity contribution in [3.63, 3.8) is 0 Å². The van der Waals surface area contributed by atoms with Crippen LogP contribution in [0.4, 0.5) is 0 Å². The smallest absolute Gasteiger partial charge is 0.189 e. The standard InChI is InChI=1S/C32H41NO5S2/c1-36-40-22-21-39-31(35)12-8-3-2-7-11-28-30(23-29(34)32(28)33-17-19-37-20-18-33)38-24-25-13-15-27(16-14-25)26-9-5-4-6-10-26/h2-6,9-10,13-16,28,30,32H,7-8,11-12,17-24H2,1H3/b3-2-/t28-,30-,32+/m0/s1. The maximum absolute atomic E-state index is 13.2. The van der Waals surface area contributed by atoms with Crippen molar-refractivity contribution in [2.45, 2.75) is 50.9 Å². The molecule has 2 aromatic rings. The lowest BCUT2D eigenvalue weighted by molar-refractivity contribution is -0.124. The number of Topliss-reactive ketones (excluding diaryl/α,β-unsaturated/α-hetero) is 1. The van der Waals surface area contributed by atoms with Gasteiger partial charge in [-0.1, -0.05) is 78.5 Å². The van der Waals surface area contributed by atoms with Crippen molar-refractivity contribution in [1.29, 1.82) is 0 Å². The highest BCUT2D eigenvalue weighted by atomic mass is 32.2. The number of carbonyl (C=O) groups is 2. The first-order valence-corrected chi connectivity index (χ1v) is 16.1. The van der Waals surface area contributed by atoms with E-state index in [9.17, 15) is 9.59 Å². The summed E-state index contributed by atoms with van der Waals surface area (Å²) in [5.41, 5.74) is 3.49. The summed E-state index contributed by atoms with van der Waals surface area (Å²) in [6.45, 7) is 3.42. The number of allylic oxidation sites excluding steroid dienone is 2. The summed E-state index contributed by atoms with van der Waals surface area (Å²) >= 11 is 2.75. The summed E-state index contributed by atoms with van der Waals surface area (Å²) in [5.74, 6) is 2.03. The Morgan fingerprint density at radius 3 is 2.48 bits per heavy atom. The maximum Gasteiger partial charge on any atom is 0.189 e. The van der Waals surface area contributed by atoms with E-state index in [-0.39, 0.29) is 29.0 Å². The molecule has 3 atom stereocenters. The number of benzene rings is 2. The largest absolute Gasteiger partial charge is 0.379 e. The van der Waals surface area contributed by atoms with Gasteiger partial charge in [0, 0.05) is 43.4 Å². The summed E-state index contributed by atoms with van der Waals surface area (Å²) in [6, 6.07) is 18.7. The molecule has 4 rings (SSSR count). The Hall–Kier alpha value is -1.94. The minimum absolute atomic E-state index is 0.0921. The highest BCUT2D eigenvalue weighted by Gasteiger charge is 2.45. The number of hydrogen-bond donors (Lipinski definition) is 0. The summed E-state index contributed by atoms with van der Waals surface area (Å²) < 4.78 is 16.9. The van der Waals surface area contributed by atoms with Crippen LogP contribution in [-0.2, 0) is 29.9 Å². The minimum atomic E-state index is -0.106. The van der Waals surface area contributed by atoms with E-state index in [2.05, 4.69) is 53.5 Å². The van der Waals surface area contributed by atoms with Crippen LogP contribution in [0, 0.1) is 5.92 Å². The second kappa shape index (κ2) is 17.1. The third-order valence-corrected chi connectivity index (χ3v) is 9.27. The van der Waals surface area contributed by atoms with Crippen LogP contribution >= 0.6 is 23.8 Å². The molecule has 0 radical (unpaired) electrons. The van der Waals surface area contributed by atoms with Crippen LogP contribution in [-0.4, -0.2) is 72.9 Å². The van der Waals surface area contributed by atoms with Gasteiger partial charge in [0.25, 0.3) is 0 Å². The molecule has 8 heteroatoms. The van der Waals surface area contributed by atoms with E-state index in [1.54, 1.807) is 7.11 Å². The predicted octanol–water partition coefficient (Wildman–Crippen LogP) is 6.20. The molecule has 1 heterocycles. The number of thioether (sulfide) groups is 1. The number of ketones is 1. The summed E-state index contributed by atoms with van der Waals surface area (Å²) in [4.78, 5) is 27.6. The number of nitrogens with zero attached hydrogens (tertiary/aromatic N) is 1. The zero-order valence-corrected chi connectivity index (χ0v) is 25.0. The molecule has 0 bridgehead atoms. The van der Waals surface area contributed by atoms with Gasteiger partial charge >= 0.3 is 0 Å². The molecule has 1 saturated carbocycles. The fourth-order valence-corrected chi connectivity index (χ4v) is 6.73. The van der Waals surface area contributed by atoms with Crippen molar-refractivity contribution in [2.24, 2.45) is 5.92 Å². The lowest BCUT2D eigenvalue weighted by Crippen LogP contribution is -2.49. The van der Waals surface area contributed by atoms with Gasteiger partial charge < -0.3 is 13.7 Å². The fourth-order valence-electron chi connectivity index (χ4n) is 5.47. The van der Waals surface area contributed by atoms with Crippen molar-refractivity contribution in [3.05, 3.63) is 72.3 Å². The van der Waals surface area contributed by atoms with Gasteiger partial charge in [-0.2, -0.15) is 0 Å². The lowest BCUT2D eigenvalue weighted by Gasteiger charge is -2.35. The summed E-state index contributed by atoms with van der Waals surface area (Å²) in [6.07, 6.45) is 7.70. The number of ether oxygens (including phenoxy) is 2. The van der Waals surface area contributed by atoms with Crippen molar-refractivity contribution >= 4 is 34.7 Å². The first kappa shape index (κ1) is 31.0. The molecule has 1 saturated heterocycles. The van der Waals surface area contributed by atoms with E-state index in [0.29, 0.717) is 32.7 Å². The van der Waals surface area contributed by atoms with Crippen LogP contribution in [0.1, 0.15) is 37.7 Å². The van der Waals surface area contributed by atoms with Gasteiger partial charge in [-0.15, -0.1) is 0 Å². The minimum Gasteiger partial charge on any atom is -0.379 e. The Morgan fingerprint density at radius 2 is 1.73 bits per heavy atom. The second-order valence-electron chi connectivity index (χ2n) is 10.1. The molecule has 0 amide bonds. The second-order valence-corrected chi connectivity index (χ2v) is 12.3. The van der Waals surface area contributed by atoms with Crippen molar-refractivity contribution in [1.82, 2.24) is 4.90 Å². The van der Waals surface area contributed by atoms with E-state index in [1.807, 2.05) is 18.2 Å². The van der Waals surface area contributed by atoms with Crippen LogP contribution in [0.15, 0.2) is 66.7 Å². The van der Waals surface area contributed by atoms with Crippen LogP contribution in [0.25, 0.3) is 11.1 Å². The van der Waals surface area contributed by atoms with Crippen LogP contribution in [0.2, 0.25) is 0 Å². The van der Waals surface area contributed by atoms with E-state index in [4.69, 9.17) is 13.7 Å². The molecule has 6 nitrogen and oxygen atoms in total.